The van der Waals surface area contributed by atoms with Crippen LogP contribution in [0.4, 0.5) is 8.78 Å². The van der Waals surface area contributed by atoms with Gasteiger partial charge < -0.3 is 15.9 Å². The van der Waals surface area contributed by atoms with E-state index in [0.29, 0.717) is 48.3 Å². The Kier molecular flexibility index (Phi) is 6.27. The number of aliphatic hydroxyl groups is 2. The van der Waals surface area contributed by atoms with Crippen LogP contribution in [0, 0.1) is 23.2 Å². The van der Waals surface area contributed by atoms with Crippen molar-refractivity contribution in [3.8, 4) is 17.5 Å². The molecule has 4 rings (SSSR count). The predicted octanol–water partition coefficient (Wildman–Crippen LogP) is 2.10. The maximum Gasteiger partial charge on any atom is 0.269 e. The zero-order chi connectivity index (χ0) is 24.8. The number of nitrogens with two attached hydrogens (primary N) is 1. The third-order valence-electron chi connectivity index (χ3n) is 6.81. The quantitative estimate of drug-likeness (QED) is 0.469. The minimum atomic E-state index is -2.51. The van der Waals surface area contributed by atoms with Crippen LogP contribution >= 0.6 is 0 Å². The summed E-state index contributed by atoms with van der Waals surface area (Å²) in [5.74, 6) is 4.08. The molecule has 0 radical (unpaired) electrons. The van der Waals surface area contributed by atoms with Gasteiger partial charge in [-0.05, 0) is 49.9 Å². The van der Waals surface area contributed by atoms with E-state index in [1.54, 1.807) is 40.9 Å². The van der Waals surface area contributed by atoms with Gasteiger partial charge in [-0.25, -0.2) is 13.5 Å². The lowest BCUT2D eigenvalue weighted by Crippen LogP contribution is -2.42. The molecule has 2 heterocycles. The maximum atomic E-state index is 13.7. The number of fused-ring (bicyclic) bond motifs is 1. The fourth-order valence-electron chi connectivity index (χ4n) is 5.03. The number of primary amides is 1. The van der Waals surface area contributed by atoms with Crippen molar-refractivity contribution in [2.45, 2.75) is 57.8 Å². The van der Waals surface area contributed by atoms with Crippen molar-refractivity contribution in [3.05, 3.63) is 46.8 Å². The Bertz CT molecular complexity index is 1170. The molecule has 4 N–H and O–H groups in total. The first kappa shape index (κ1) is 24.3. The normalized spacial score (nSPS) is 26.6. The lowest BCUT2D eigenvalue weighted by molar-refractivity contribution is -0.0633. The van der Waals surface area contributed by atoms with E-state index in [-0.39, 0.29) is 12.1 Å². The number of aliphatic hydroxyl groups excluding tert-OH is 1. The molecular formula is C25H30F2N4O3. The van der Waals surface area contributed by atoms with Crippen molar-refractivity contribution < 1.29 is 23.8 Å². The van der Waals surface area contributed by atoms with Crippen molar-refractivity contribution in [2.75, 3.05) is 13.6 Å². The van der Waals surface area contributed by atoms with E-state index in [4.69, 9.17) is 5.73 Å². The Morgan fingerprint density at radius 1 is 1.35 bits per heavy atom. The fraction of sp³-hybridized carbons (Fsp3) is 0.520. The summed E-state index contributed by atoms with van der Waals surface area (Å²) >= 11 is 0. The number of likely N-dealkylation sites (tertiary alicyclic amines) is 1. The zero-order valence-electron chi connectivity index (χ0n) is 19.6. The summed E-state index contributed by atoms with van der Waals surface area (Å²) in [7, 11) is 1.71. The number of carbonyl (C=O) groups is 1. The summed E-state index contributed by atoms with van der Waals surface area (Å²) in [5.41, 5.74) is 6.00. The van der Waals surface area contributed by atoms with Crippen LogP contribution in [0.25, 0.3) is 5.69 Å². The number of carbonyl (C=O) groups excluding carboxylic acids is 1. The van der Waals surface area contributed by atoms with E-state index in [1.807, 2.05) is 13.8 Å². The van der Waals surface area contributed by atoms with Crippen LogP contribution in [0.15, 0.2) is 24.3 Å². The summed E-state index contributed by atoms with van der Waals surface area (Å²) in [6.07, 6.45) is -2.45. The monoisotopic (exact) mass is 472 g/mol. The summed E-state index contributed by atoms with van der Waals surface area (Å²) < 4.78 is 29.1. The maximum absolute atomic E-state index is 13.7. The largest absolute Gasteiger partial charge is 0.374 e. The van der Waals surface area contributed by atoms with Gasteiger partial charge in [0.25, 0.3) is 5.91 Å². The number of aromatic nitrogens is 2. The first-order chi connectivity index (χ1) is 15.9. The number of likely N-dealkylation sites (N-methyl/N-ethyl adjacent to an activating group) is 1. The van der Waals surface area contributed by atoms with Gasteiger partial charge in [0.15, 0.2) is 11.3 Å². The Hall–Kier alpha value is -2.80. The average Bonchev–Trinajstić information content (AvgIpc) is 3.19. The number of benzene rings is 1. The molecule has 0 bridgehead atoms. The van der Waals surface area contributed by atoms with E-state index in [0.717, 1.165) is 0 Å². The van der Waals surface area contributed by atoms with Gasteiger partial charge in [0.05, 0.1) is 5.69 Å². The molecule has 1 aromatic carbocycles. The number of hydrogen-bond acceptors (Lipinski definition) is 5. The highest BCUT2D eigenvalue weighted by molar-refractivity contribution is 5.92. The molecule has 2 aromatic rings. The predicted molar refractivity (Wildman–Crippen MR) is 122 cm³/mol. The number of alkyl halides is 2. The number of rotatable bonds is 3. The minimum absolute atomic E-state index is 0.0151. The molecule has 3 atom stereocenters. The molecule has 7 nitrogen and oxygen atoms in total. The molecule has 2 unspecified atom stereocenters. The van der Waals surface area contributed by atoms with Crippen molar-refractivity contribution in [2.24, 2.45) is 17.1 Å². The first-order valence-corrected chi connectivity index (χ1v) is 11.3. The standard InChI is InChI=1S/C25H30F2N4O3/c1-24(2)13-16(21(26)27)12-18-19(14-24)31(29-20(18)22(28)32)17-6-4-5-15(11-17)7-8-25(34)9-10-30(3)23(25)33/h4-6,11,16,21,23,33-34H,9-10,12-14H2,1-3H3,(H2,28,32)/t16?,23?,25-/m0/s1. The highest BCUT2D eigenvalue weighted by Crippen LogP contribution is 2.40. The molecular weight excluding hydrogens is 442 g/mol. The van der Waals surface area contributed by atoms with Gasteiger partial charge in [-0.1, -0.05) is 31.8 Å². The minimum Gasteiger partial charge on any atom is -0.374 e. The summed E-state index contributed by atoms with van der Waals surface area (Å²) in [5, 5.41) is 25.3. The lowest BCUT2D eigenvalue weighted by atomic mass is 9.81. The SMILES string of the molecule is CN1CC[C@@](O)(C#Cc2cccc(-n3nc(C(N)=O)c4c3CC(C)(C)CC(C(F)F)C4)c2)C1O. The molecule has 1 fully saturated rings. The number of halogens is 2. The van der Waals surface area contributed by atoms with E-state index < -0.39 is 35.5 Å². The van der Waals surface area contributed by atoms with Gasteiger partial charge in [0.2, 0.25) is 6.43 Å². The van der Waals surface area contributed by atoms with Gasteiger partial charge in [0, 0.05) is 35.7 Å². The van der Waals surface area contributed by atoms with Crippen LogP contribution in [0.3, 0.4) is 0 Å². The van der Waals surface area contributed by atoms with Crippen LogP contribution in [0.5, 0.6) is 0 Å². The molecule has 2 aliphatic rings. The van der Waals surface area contributed by atoms with E-state index >= 15 is 0 Å². The summed E-state index contributed by atoms with van der Waals surface area (Å²) in [4.78, 5) is 13.8. The van der Waals surface area contributed by atoms with Crippen molar-refractivity contribution in [3.63, 3.8) is 0 Å². The highest BCUT2D eigenvalue weighted by Gasteiger charge is 2.42. The molecule has 34 heavy (non-hydrogen) atoms. The zero-order valence-corrected chi connectivity index (χ0v) is 19.6. The van der Waals surface area contributed by atoms with Crippen LogP contribution in [-0.4, -0.2) is 62.6 Å². The molecule has 1 saturated heterocycles. The third-order valence-corrected chi connectivity index (χ3v) is 6.81. The van der Waals surface area contributed by atoms with E-state index in [9.17, 15) is 23.8 Å². The van der Waals surface area contributed by atoms with Gasteiger partial charge >= 0.3 is 0 Å². The third kappa shape index (κ3) is 4.58. The van der Waals surface area contributed by atoms with Gasteiger partial charge in [-0.2, -0.15) is 5.10 Å². The Morgan fingerprint density at radius 3 is 2.71 bits per heavy atom. The van der Waals surface area contributed by atoms with Gasteiger partial charge in [0.1, 0.15) is 6.23 Å². The van der Waals surface area contributed by atoms with Crippen LogP contribution in [0.1, 0.15) is 54.0 Å². The second-order valence-electron chi connectivity index (χ2n) is 10.2. The van der Waals surface area contributed by atoms with Crippen LogP contribution in [0.2, 0.25) is 0 Å². The molecule has 1 aromatic heterocycles. The van der Waals surface area contributed by atoms with Crippen molar-refractivity contribution in [1.82, 2.24) is 14.7 Å². The van der Waals surface area contributed by atoms with Crippen molar-refractivity contribution in [1.29, 1.82) is 0 Å². The summed E-state index contributed by atoms with van der Waals surface area (Å²) in [6, 6.07) is 7.07. The van der Waals surface area contributed by atoms with Gasteiger partial charge in [-0.3, -0.25) is 9.69 Å². The van der Waals surface area contributed by atoms with Crippen molar-refractivity contribution >= 4 is 5.91 Å². The summed E-state index contributed by atoms with van der Waals surface area (Å²) in [6.45, 7) is 4.40. The fourth-order valence-corrected chi connectivity index (χ4v) is 5.03. The second-order valence-corrected chi connectivity index (χ2v) is 10.2. The Balaban J connectivity index is 1.76. The molecule has 0 saturated carbocycles. The van der Waals surface area contributed by atoms with E-state index in [1.165, 1.54) is 0 Å². The number of nitrogens with zero attached hydrogens (tertiary/aromatic N) is 3. The molecule has 1 aliphatic carbocycles. The number of hydrogen-bond donors (Lipinski definition) is 3. The van der Waals surface area contributed by atoms with Gasteiger partial charge in [-0.15, -0.1) is 0 Å². The Labute approximate surface area is 197 Å². The highest BCUT2D eigenvalue weighted by atomic mass is 19.3. The number of amides is 1. The molecule has 9 heteroatoms. The van der Waals surface area contributed by atoms with E-state index in [2.05, 4.69) is 16.9 Å². The van der Waals surface area contributed by atoms with Crippen LogP contribution in [-0.2, 0) is 12.8 Å². The second kappa shape index (κ2) is 8.77. The van der Waals surface area contributed by atoms with Crippen LogP contribution < -0.4 is 5.73 Å². The Morgan fingerprint density at radius 2 is 2.09 bits per heavy atom. The molecule has 1 amide bonds. The average molecular weight is 473 g/mol. The topological polar surface area (TPSA) is 105 Å². The smallest absolute Gasteiger partial charge is 0.269 e. The molecule has 0 spiro atoms. The molecule has 182 valence electrons. The molecule has 1 aliphatic heterocycles. The first-order valence-electron chi connectivity index (χ1n) is 11.3. The lowest BCUT2D eigenvalue weighted by Gasteiger charge is -2.26.